The van der Waals surface area contributed by atoms with Crippen molar-refractivity contribution in [2.75, 3.05) is 13.6 Å². The Morgan fingerprint density at radius 3 is 2.56 bits per heavy atom. The van der Waals surface area contributed by atoms with Crippen molar-refractivity contribution >= 4 is 0 Å². The zero-order valence-electron chi connectivity index (χ0n) is 11.3. The first-order chi connectivity index (χ1) is 8.69. The number of nitrogens with zero attached hydrogens (tertiary/aromatic N) is 1. The van der Waals surface area contributed by atoms with E-state index >= 15 is 0 Å². The van der Waals surface area contributed by atoms with E-state index in [1.165, 1.54) is 12.8 Å². The van der Waals surface area contributed by atoms with E-state index in [1.807, 2.05) is 12.1 Å². The van der Waals surface area contributed by atoms with Gasteiger partial charge in [-0.3, -0.25) is 4.90 Å². The molecule has 3 heteroatoms. The van der Waals surface area contributed by atoms with Crippen molar-refractivity contribution in [3.8, 4) is 0 Å². The molecule has 2 rings (SSSR count). The van der Waals surface area contributed by atoms with Gasteiger partial charge in [-0.1, -0.05) is 25.1 Å². The summed E-state index contributed by atoms with van der Waals surface area (Å²) >= 11 is 0. The molecule has 2 nitrogen and oxygen atoms in total. The third-order valence-corrected chi connectivity index (χ3v) is 4.07. The summed E-state index contributed by atoms with van der Waals surface area (Å²) in [7, 11) is 2.08. The number of likely N-dealkylation sites (N-methyl/N-ethyl adjacent to an activating group) is 1. The molecule has 1 aromatic rings. The van der Waals surface area contributed by atoms with E-state index < -0.39 is 0 Å². The molecule has 1 fully saturated rings. The molecule has 0 aromatic heterocycles. The number of benzene rings is 1. The van der Waals surface area contributed by atoms with E-state index in [0.29, 0.717) is 18.5 Å². The van der Waals surface area contributed by atoms with E-state index in [9.17, 15) is 4.39 Å². The van der Waals surface area contributed by atoms with Crippen molar-refractivity contribution in [3.05, 3.63) is 35.6 Å². The van der Waals surface area contributed by atoms with E-state index in [4.69, 9.17) is 5.73 Å². The molecule has 1 aliphatic rings. The van der Waals surface area contributed by atoms with E-state index in [2.05, 4.69) is 18.9 Å². The van der Waals surface area contributed by atoms with Gasteiger partial charge < -0.3 is 5.73 Å². The zero-order chi connectivity index (χ0) is 13.1. The van der Waals surface area contributed by atoms with Gasteiger partial charge in [0.15, 0.2) is 0 Å². The molecular weight excluding hydrogens is 227 g/mol. The normalized spacial score (nSPS) is 18.9. The number of rotatable bonds is 6. The highest BCUT2D eigenvalue weighted by atomic mass is 19.1. The van der Waals surface area contributed by atoms with Crippen LogP contribution < -0.4 is 5.73 Å². The summed E-state index contributed by atoms with van der Waals surface area (Å²) in [4.78, 5) is 2.27. The van der Waals surface area contributed by atoms with Gasteiger partial charge in [-0.25, -0.2) is 4.39 Å². The van der Waals surface area contributed by atoms with Crippen LogP contribution in [0.1, 0.15) is 37.8 Å². The first-order valence-corrected chi connectivity index (χ1v) is 6.85. The monoisotopic (exact) mass is 250 g/mol. The summed E-state index contributed by atoms with van der Waals surface area (Å²) in [5, 5.41) is 0. The van der Waals surface area contributed by atoms with Crippen molar-refractivity contribution < 1.29 is 4.39 Å². The average molecular weight is 250 g/mol. The Morgan fingerprint density at radius 1 is 1.39 bits per heavy atom. The summed E-state index contributed by atoms with van der Waals surface area (Å²) < 4.78 is 13.9. The quantitative estimate of drug-likeness (QED) is 0.841. The number of halogens is 1. The smallest absolute Gasteiger partial charge is 0.127 e. The molecule has 0 spiro atoms. The first-order valence-electron chi connectivity index (χ1n) is 6.85. The summed E-state index contributed by atoms with van der Waals surface area (Å²) in [5.74, 6) is 0.601. The van der Waals surface area contributed by atoms with Crippen molar-refractivity contribution in [1.29, 1.82) is 0 Å². The van der Waals surface area contributed by atoms with Crippen LogP contribution in [0.4, 0.5) is 4.39 Å². The minimum absolute atomic E-state index is 0.109. The van der Waals surface area contributed by atoms with Gasteiger partial charge in [0.2, 0.25) is 0 Å². The summed E-state index contributed by atoms with van der Waals surface area (Å²) in [5.41, 5.74) is 6.68. The van der Waals surface area contributed by atoms with E-state index in [-0.39, 0.29) is 11.9 Å². The lowest BCUT2D eigenvalue weighted by atomic mass is 9.99. The number of nitrogens with two attached hydrogens (primary N) is 1. The number of hydrogen-bond donors (Lipinski definition) is 1. The molecule has 0 heterocycles. The molecule has 0 aliphatic heterocycles. The van der Waals surface area contributed by atoms with Gasteiger partial charge in [0.1, 0.15) is 5.82 Å². The predicted molar refractivity (Wildman–Crippen MR) is 72.8 cm³/mol. The average Bonchev–Trinajstić information content (AvgIpc) is 3.18. The lowest BCUT2D eigenvalue weighted by Crippen LogP contribution is -2.41. The van der Waals surface area contributed by atoms with Crippen molar-refractivity contribution in [1.82, 2.24) is 4.90 Å². The van der Waals surface area contributed by atoms with Crippen LogP contribution in [0.2, 0.25) is 0 Å². The summed E-state index contributed by atoms with van der Waals surface area (Å²) in [6.07, 6.45) is 3.43. The van der Waals surface area contributed by atoms with Crippen LogP contribution >= 0.6 is 0 Å². The molecule has 0 saturated heterocycles. The maximum absolute atomic E-state index is 13.9. The van der Waals surface area contributed by atoms with Gasteiger partial charge in [0.05, 0.1) is 0 Å². The fourth-order valence-corrected chi connectivity index (χ4v) is 2.88. The van der Waals surface area contributed by atoms with Crippen molar-refractivity contribution in [2.45, 2.75) is 38.3 Å². The molecular formula is C15H23FN2. The molecule has 1 aromatic carbocycles. The molecule has 2 N–H and O–H groups in total. The molecule has 0 radical (unpaired) electrons. The third kappa shape index (κ3) is 2.73. The van der Waals surface area contributed by atoms with Crippen LogP contribution in [0, 0.1) is 11.7 Å². The standard InChI is InChI=1S/C15H23FN2/c1-3-14(12-6-4-5-7-13(12)16)18(2)15(10-17)11-8-9-11/h4-7,11,14-15H,3,8-10,17H2,1-2H3. The second-order valence-corrected chi connectivity index (χ2v) is 5.25. The second kappa shape index (κ2) is 5.81. The first kappa shape index (κ1) is 13.5. The van der Waals surface area contributed by atoms with Gasteiger partial charge in [-0.15, -0.1) is 0 Å². The second-order valence-electron chi connectivity index (χ2n) is 5.25. The highest BCUT2D eigenvalue weighted by Crippen LogP contribution is 2.38. The minimum atomic E-state index is -0.109. The number of hydrogen-bond acceptors (Lipinski definition) is 2. The summed E-state index contributed by atoms with van der Waals surface area (Å²) in [6.45, 7) is 2.76. The largest absolute Gasteiger partial charge is 0.329 e. The molecule has 1 saturated carbocycles. The van der Waals surface area contributed by atoms with Gasteiger partial charge in [0, 0.05) is 24.2 Å². The van der Waals surface area contributed by atoms with Crippen LogP contribution in [0.3, 0.4) is 0 Å². The fraction of sp³-hybridized carbons (Fsp3) is 0.600. The maximum atomic E-state index is 13.9. The van der Waals surface area contributed by atoms with Crippen molar-refractivity contribution in [3.63, 3.8) is 0 Å². The maximum Gasteiger partial charge on any atom is 0.127 e. The lowest BCUT2D eigenvalue weighted by Gasteiger charge is -2.34. The molecule has 100 valence electrons. The van der Waals surface area contributed by atoms with Gasteiger partial charge >= 0.3 is 0 Å². The van der Waals surface area contributed by atoms with Crippen molar-refractivity contribution in [2.24, 2.45) is 11.7 Å². The summed E-state index contributed by atoms with van der Waals surface area (Å²) in [6, 6.07) is 7.59. The van der Waals surface area contributed by atoms with Gasteiger partial charge in [-0.2, -0.15) is 0 Å². The minimum Gasteiger partial charge on any atom is -0.329 e. The highest BCUT2D eigenvalue weighted by Gasteiger charge is 2.35. The van der Waals surface area contributed by atoms with Crippen LogP contribution in [0.15, 0.2) is 24.3 Å². The Morgan fingerprint density at radius 2 is 2.06 bits per heavy atom. The molecule has 2 atom stereocenters. The lowest BCUT2D eigenvalue weighted by molar-refractivity contribution is 0.152. The molecule has 2 unspecified atom stereocenters. The molecule has 18 heavy (non-hydrogen) atoms. The van der Waals surface area contributed by atoms with Crippen LogP contribution in [-0.2, 0) is 0 Å². The van der Waals surface area contributed by atoms with Gasteiger partial charge in [0.25, 0.3) is 0 Å². The Labute approximate surface area is 109 Å². The topological polar surface area (TPSA) is 29.3 Å². The Hall–Kier alpha value is -0.930. The highest BCUT2D eigenvalue weighted by molar-refractivity contribution is 5.21. The fourth-order valence-electron chi connectivity index (χ4n) is 2.88. The predicted octanol–water partition coefficient (Wildman–Crippen LogP) is 2.95. The molecule has 1 aliphatic carbocycles. The molecule has 0 amide bonds. The van der Waals surface area contributed by atoms with E-state index in [1.54, 1.807) is 12.1 Å². The van der Waals surface area contributed by atoms with E-state index in [0.717, 1.165) is 12.0 Å². The zero-order valence-corrected chi connectivity index (χ0v) is 11.3. The van der Waals surface area contributed by atoms with Crippen LogP contribution in [0.5, 0.6) is 0 Å². The Balaban J connectivity index is 2.19. The Kier molecular flexibility index (Phi) is 4.36. The van der Waals surface area contributed by atoms with Gasteiger partial charge in [-0.05, 0) is 38.3 Å². The molecule has 0 bridgehead atoms. The Bertz CT molecular complexity index is 390. The van der Waals surface area contributed by atoms with Crippen LogP contribution in [0.25, 0.3) is 0 Å². The third-order valence-electron chi connectivity index (χ3n) is 4.07. The SMILES string of the molecule is CCC(c1ccccc1F)N(C)C(CN)C1CC1. The van der Waals surface area contributed by atoms with Crippen LogP contribution in [-0.4, -0.2) is 24.5 Å².